The average molecular weight is 400 g/mol. The molecule has 0 heterocycles. The van der Waals surface area contributed by atoms with E-state index in [-0.39, 0.29) is 24.0 Å². The summed E-state index contributed by atoms with van der Waals surface area (Å²) in [6, 6.07) is 0. The summed E-state index contributed by atoms with van der Waals surface area (Å²) in [5, 5.41) is 0. The molecule has 0 saturated carbocycles. The minimum absolute atomic E-state index is 0. The second-order valence-electron chi connectivity index (χ2n) is 1.10. The molecule has 0 nitrogen and oxygen atoms in total. The van der Waals surface area contributed by atoms with Crippen LogP contribution < -0.4 is 0 Å². The Hall–Kier alpha value is 1.46. The Balaban J connectivity index is 0. The van der Waals surface area contributed by atoms with Gasteiger partial charge in [-0.15, -0.1) is 0 Å². The van der Waals surface area contributed by atoms with E-state index < -0.39 is 23.4 Å². The Morgan fingerprint density at radius 1 is 1.17 bits per heavy atom. The van der Waals surface area contributed by atoms with Crippen molar-refractivity contribution < 1.29 is 30.8 Å². The summed E-state index contributed by atoms with van der Waals surface area (Å²) in [4.78, 5) is 0. The molecule has 0 aliphatic carbocycles. The predicted octanol–water partition coefficient (Wildman–Crippen LogP) is 2.73. The predicted molar refractivity (Wildman–Crippen MR) is 23.2 cm³/mol. The number of hydrogen-bond acceptors (Lipinski definition) is 0. The molecule has 0 aliphatic rings. The molecule has 0 aromatic carbocycles. The van der Waals surface area contributed by atoms with Crippen molar-refractivity contribution in [3.8, 4) is 0 Å². The van der Waals surface area contributed by atoms with Gasteiger partial charge in [0, 0.05) is 24.0 Å². The van der Waals surface area contributed by atoms with Crippen molar-refractivity contribution in [2.24, 2.45) is 0 Å². The molecule has 0 rings (SSSR count). The van der Waals surface area contributed by atoms with Crippen LogP contribution >= 0.6 is 24.0 Å². The third-order valence-corrected chi connectivity index (χ3v) is 0. The quantitative estimate of drug-likeness (QED) is 0.434. The third kappa shape index (κ3) is 51.1. The molecule has 0 unspecified atom stereocenters. The molecule has 0 fully saturated rings. The minimum atomic E-state index is -5.89. The van der Waals surface area contributed by atoms with Crippen LogP contribution in [0.5, 0.6) is 0 Å². The Labute approximate surface area is 58.7 Å². The largest absolute Gasteiger partial charge is 0 e. The molecule has 0 N–H and O–H groups in total. The molecule has 37 valence electrons. The van der Waals surface area contributed by atoms with Crippen molar-refractivity contribution in [3.63, 3.8) is 0 Å². The maximum atomic E-state index is 10.6. The zero-order valence-corrected chi connectivity index (χ0v) is 10.9. The van der Waals surface area contributed by atoms with Gasteiger partial charge in [0.2, 0.25) is 0 Å². The zero-order chi connectivity index (χ0) is 4.50. The van der Waals surface area contributed by atoms with E-state index in [2.05, 4.69) is 0 Å². The first kappa shape index (κ1) is 10.4. The van der Waals surface area contributed by atoms with Gasteiger partial charge in [0.25, 0.3) is 0 Å². The van der Waals surface area contributed by atoms with Crippen molar-refractivity contribution in [2.75, 3.05) is 0 Å². The summed E-state index contributed by atoms with van der Waals surface area (Å²) in [5.74, 6) is 0. The van der Waals surface area contributed by atoms with Crippen LogP contribution in [0, 0.1) is 0 Å². The van der Waals surface area contributed by atoms with Crippen LogP contribution in [0.4, 0.5) is 7.41 Å². The fourth-order valence-electron chi connectivity index (χ4n) is 0. The average Bonchev–Trinajstić information content (AvgIpc) is 0.722. The van der Waals surface area contributed by atoms with Gasteiger partial charge >= 0.3 is 35.2 Å². The van der Waals surface area contributed by atoms with E-state index in [1.54, 1.807) is 0 Å². The molecule has 0 bridgehead atoms. The van der Waals surface area contributed by atoms with Crippen molar-refractivity contribution in [2.45, 2.75) is 4.43 Å². The monoisotopic (exact) mass is 401 g/mol. The molecule has 6 heavy (non-hydrogen) atoms. The van der Waals surface area contributed by atoms with Crippen LogP contribution in [0.15, 0.2) is 0 Å². The smallest absolute Gasteiger partial charge is 0 e. The summed E-state index contributed by atoms with van der Waals surface area (Å²) in [5.41, 5.74) is 0. The fourth-order valence-corrected chi connectivity index (χ4v) is 0. The summed E-state index contributed by atoms with van der Waals surface area (Å²) >= 11 is -5.89. The maximum absolute atomic E-state index is 10.6. The Morgan fingerprint density at radius 2 is 1.17 bits per heavy atom. The van der Waals surface area contributed by atoms with Crippen molar-refractivity contribution in [3.05, 3.63) is 0 Å². The van der Waals surface area contributed by atoms with Gasteiger partial charge in [-0.3, -0.25) is 0 Å². The third-order valence-electron chi connectivity index (χ3n) is 0. The molecule has 1 radical (unpaired) electrons. The summed E-state index contributed by atoms with van der Waals surface area (Å²) in [6.45, 7) is 0. The summed E-state index contributed by atoms with van der Waals surface area (Å²) in [6.07, 6.45) is 0. The molecule has 0 atom stereocenters. The number of hydrogen-bond donors (Lipinski definition) is 0. The van der Waals surface area contributed by atoms with Crippen LogP contribution in [-0.4, -0.2) is 0 Å². The van der Waals surface area contributed by atoms with Gasteiger partial charge in [0.05, 0.1) is 0 Å². The topological polar surface area (TPSA) is 0 Å². The molecule has 0 saturated heterocycles. The molecular formula is CH3F3HgI. The summed E-state index contributed by atoms with van der Waals surface area (Å²) in [7, 11) is 0. The van der Waals surface area contributed by atoms with Gasteiger partial charge in [-0.25, -0.2) is 0 Å². The van der Waals surface area contributed by atoms with Crippen LogP contribution in [-0.2, 0) is 23.4 Å². The van der Waals surface area contributed by atoms with E-state index in [0.717, 1.165) is 0 Å². The number of rotatable bonds is 0. The first-order chi connectivity index (χ1) is 2.00. The Bertz CT molecular complexity index is 26.3. The minimum Gasteiger partial charge on any atom is 0 e. The van der Waals surface area contributed by atoms with Gasteiger partial charge in [-0.2, -0.15) is 0 Å². The second-order valence-corrected chi connectivity index (χ2v) is 9.69. The van der Waals surface area contributed by atoms with Crippen LogP contribution in [0.3, 0.4) is 0 Å². The Kier molecular flexibility index (Phi) is 6.01. The van der Waals surface area contributed by atoms with E-state index in [0.29, 0.717) is 4.43 Å². The molecular weight excluding hydrogens is 396 g/mol. The molecule has 0 aromatic heterocycles. The van der Waals surface area contributed by atoms with Crippen molar-refractivity contribution in [1.82, 2.24) is 0 Å². The molecule has 5 heteroatoms. The van der Waals surface area contributed by atoms with Gasteiger partial charge in [-0.1, -0.05) is 0 Å². The van der Waals surface area contributed by atoms with Crippen LogP contribution in [0.1, 0.15) is 0 Å². The van der Waals surface area contributed by atoms with E-state index >= 15 is 0 Å². The molecule has 0 amide bonds. The Morgan fingerprint density at radius 3 is 1.17 bits per heavy atom. The first-order valence-electron chi connectivity index (χ1n) is 1.51. The normalized spacial score (nSPS) is 7.33. The van der Waals surface area contributed by atoms with E-state index in [9.17, 15) is 7.41 Å². The SMILES string of the molecule is [CH3][Hg]([F])([F])[F].[I]. The van der Waals surface area contributed by atoms with Gasteiger partial charge < -0.3 is 0 Å². The maximum Gasteiger partial charge on any atom is 0 e. The van der Waals surface area contributed by atoms with Gasteiger partial charge in [0.1, 0.15) is 0 Å². The van der Waals surface area contributed by atoms with Crippen molar-refractivity contribution >= 4 is 24.0 Å². The first-order valence-corrected chi connectivity index (χ1v) is 13.2. The standard InChI is InChI=1S/CH3.3FH.Hg.I/h1H3;3*1H;;/q;;;;+3;/p-3. The van der Waals surface area contributed by atoms with E-state index in [1.165, 1.54) is 0 Å². The zero-order valence-electron chi connectivity index (χ0n) is 3.22. The molecule has 0 aromatic rings. The number of halogens is 4. The van der Waals surface area contributed by atoms with Gasteiger partial charge in [-0.05, 0) is 0 Å². The van der Waals surface area contributed by atoms with Gasteiger partial charge in [0.15, 0.2) is 0 Å². The van der Waals surface area contributed by atoms with Crippen molar-refractivity contribution in [1.29, 1.82) is 0 Å². The molecule has 0 spiro atoms. The molecule has 0 aliphatic heterocycles. The van der Waals surface area contributed by atoms with E-state index in [4.69, 9.17) is 0 Å². The van der Waals surface area contributed by atoms with Crippen LogP contribution in [0.2, 0.25) is 4.43 Å². The van der Waals surface area contributed by atoms with Crippen LogP contribution in [0.25, 0.3) is 0 Å². The fraction of sp³-hybridized carbons (Fsp3) is 1.00. The second kappa shape index (κ2) is 3.46. The summed E-state index contributed by atoms with van der Waals surface area (Å²) < 4.78 is 32.2. The van der Waals surface area contributed by atoms with E-state index in [1.807, 2.05) is 0 Å².